The Morgan fingerprint density at radius 2 is 2.31 bits per heavy atom. The van der Waals surface area contributed by atoms with Crippen LogP contribution < -0.4 is 0 Å². The van der Waals surface area contributed by atoms with Gasteiger partial charge in [-0.1, -0.05) is 13.8 Å². The lowest BCUT2D eigenvalue weighted by Crippen LogP contribution is -2.30. The van der Waals surface area contributed by atoms with Gasteiger partial charge in [-0.05, 0) is 13.3 Å². The topological polar surface area (TPSA) is 43.4 Å². The lowest BCUT2D eigenvalue weighted by Gasteiger charge is -2.21. The number of Topliss-reactive ketones (excluding diaryl/α,β-unsaturated/α-hetero) is 1. The van der Waals surface area contributed by atoms with Crippen molar-refractivity contribution in [2.45, 2.75) is 39.7 Å². The van der Waals surface area contributed by atoms with Gasteiger partial charge in [0.15, 0.2) is 0 Å². The Morgan fingerprint density at radius 3 is 2.62 bits per heavy atom. The van der Waals surface area contributed by atoms with Crippen molar-refractivity contribution in [3.8, 4) is 0 Å². The molecule has 1 saturated heterocycles. The summed E-state index contributed by atoms with van der Waals surface area (Å²) in [5, 5.41) is 0. The van der Waals surface area contributed by atoms with Gasteiger partial charge in [-0.3, -0.25) is 9.59 Å². The third kappa shape index (κ3) is 2.08. The summed E-state index contributed by atoms with van der Waals surface area (Å²) in [5.74, 6) is 0.0223. The zero-order valence-electron chi connectivity index (χ0n) is 8.37. The molecule has 3 heteroatoms. The van der Waals surface area contributed by atoms with E-state index in [4.69, 9.17) is 4.74 Å². The van der Waals surface area contributed by atoms with Crippen LogP contribution in [-0.2, 0) is 14.3 Å². The Morgan fingerprint density at radius 1 is 1.69 bits per heavy atom. The third-order valence-electron chi connectivity index (χ3n) is 2.68. The lowest BCUT2D eigenvalue weighted by molar-refractivity contribution is -0.145. The van der Waals surface area contributed by atoms with Crippen LogP contribution in [0.15, 0.2) is 0 Å². The molecule has 0 radical (unpaired) electrons. The average molecular weight is 184 g/mol. The zero-order chi connectivity index (χ0) is 10.0. The largest absolute Gasteiger partial charge is 0.461 e. The molecule has 1 heterocycles. The predicted molar refractivity (Wildman–Crippen MR) is 48.1 cm³/mol. The molecule has 0 amide bonds. The molecule has 1 aliphatic rings. The van der Waals surface area contributed by atoms with Crippen molar-refractivity contribution in [2.24, 2.45) is 11.8 Å². The van der Waals surface area contributed by atoms with Crippen LogP contribution >= 0.6 is 0 Å². The molecule has 0 spiro atoms. The Hall–Kier alpha value is -0.860. The van der Waals surface area contributed by atoms with Gasteiger partial charge in [0.2, 0.25) is 0 Å². The fourth-order valence-corrected chi connectivity index (χ4v) is 1.92. The van der Waals surface area contributed by atoms with Gasteiger partial charge in [-0.2, -0.15) is 0 Å². The number of cyclic esters (lactones) is 1. The minimum atomic E-state index is -0.185. The van der Waals surface area contributed by atoms with Crippen LogP contribution in [0.1, 0.15) is 33.6 Å². The molecule has 0 aliphatic carbocycles. The quantitative estimate of drug-likeness (QED) is 0.625. The third-order valence-corrected chi connectivity index (χ3v) is 2.68. The minimum Gasteiger partial charge on any atom is -0.461 e. The molecule has 0 saturated carbocycles. The molecule has 0 aromatic rings. The van der Waals surface area contributed by atoms with Crippen molar-refractivity contribution in [3.63, 3.8) is 0 Å². The van der Waals surface area contributed by atoms with Gasteiger partial charge in [0.25, 0.3) is 0 Å². The van der Waals surface area contributed by atoms with Crippen LogP contribution in [0.4, 0.5) is 0 Å². The first-order valence-electron chi connectivity index (χ1n) is 4.76. The fourth-order valence-electron chi connectivity index (χ4n) is 1.92. The number of carbonyl (C=O) groups excluding carboxylic acids is 2. The Labute approximate surface area is 78.5 Å². The average Bonchev–Trinajstić information content (AvgIpc) is 2.31. The van der Waals surface area contributed by atoms with Gasteiger partial charge in [-0.25, -0.2) is 0 Å². The van der Waals surface area contributed by atoms with Crippen molar-refractivity contribution < 1.29 is 14.3 Å². The summed E-state index contributed by atoms with van der Waals surface area (Å²) in [6.45, 7) is 5.47. The number of rotatable bonds is 3. The van der Waals surface area contributed by atoms with E-state index in [1.807, 2.05) is 13.8 Å². The maximum absolute atomic E-state index is 11.2. The van der Waals surface area contributed by atoms with Crippen molar-refractivity contribution in [1.82, 2.24) is 0 Å². The minimum absolute atomic E-state index is 0.110. The van der Waals surface area contributed by atoms with Crippen LogP contribution in [0.5, 0.6) is 0 Å². The van der Waals surface area contributed by atoms with Crippen LogP contribution in [-0.4, -0.2) is 17.9 Å². The first kappa shape index (κ1) is 10.2. The summed E-state index contributed by atoms with van der Waals surface area (Å²) in [5.41, 5.74) is 0. The maximum Gasteiger partial charge on any atom is 0.306 e. The standard InChI is InChI=1S/C10H16O3/c1-4-8(7(3)11)10-6(2)5-9(12)13-10/h6,8,10H,4-5H2,1-3H3/t6-,8-,10?/m1/s1. The molecule has 0 bridgehead atoms. The first-order chi connectivity index (χ1) is 6.06. The summed E-state index contributed by atoms with van der Waals surface area (Å²) >= 11 is 0. The van der Waals surface area contributed by atoms with Gasteiger partial charge < -0.3 is 4.74 Å². The normalized spacial score (nSPS) is 29.9. The zero-order valence-corrected chi connectivity index (χ0v) is 8.37. The summed E-state index contributed by atoms with van der Waals surface area (Å²) in [6, 6.07) is 0. The number of hydrogen-bond acceptors (Lipinski definition) is 3. The number of carbonyl (C=O) groups is 2. The molecule has 1 rings (SSSR count). The molecule has 3 nitrogen and oxygen atoms in total. The highest BCUT2D eigenvalue weighted by Gasteiger charge is 2.38. The lowest BCUT2D eigenvalue weighted by atomic mass is 9.87. The second-order valence-electron chi connectivity index (χ2n) is 3.76. The number of esters is 1. The van der Waals surface area contributed by atoms with Crippen molar-refractivity contribution in [1.29, 1.82) is 0 Å². The molecular formula is C10H16O3. The smallest absolute Gasteiger partial charge is 0.306 e. The molecule has 13 heavy (non-hydrogen) atoms. The fraction of sp³-hybridized carbons (Fsp3) is 0.800. The molecule has 74 valence electrons. The molecule has 1 fully saturated rings. The monoisotopic (exact) mass is 184 g/mol. The predicted octanol–water partition coefficient (Wildman–Crippen LogP) is 1.55. The summed E-state index contributed by atoms with van der Waals surface area (Å²) in [4.78, 5) is 22.2. The molecule has 0 N–H and O–H groups in total. The highest BCUT2D eigenvalue weighted by Crippen LogP contribution is 2.29. The second kappa shape index (κ2) is 3.90. The SMILES string of the molecule is CC[C@H](C(C)=O)C1OC(=O)C[C@H]1C. The van der Waals surface area contributed by atoms with E-state index in [9.17, 15) is 9.59 Å². The Bertz CT molecular complexity index is 222. The number of hydrogen-bond donors (Lipinski definition) is 0. The molecule has 0 aromatic carbocycles. The number of ketones is 1. The van der Waals surface area contributed by atoms with Crippen LogP contribution in [0, 0.1) is 11.8 Å². The van der Waals surface area contributed by atoms with E-state index < -0.39 is 0 Å². The van der Waals surface area contributed by atoms with Gasteiger partial charge in [0.05, 0.1) is 12.3 Å². The Balaban J connectivity index is 2.69. The summed E-state index contributed by atoms with van der Waals surface area (Å²) in [7, 11) is 0. The summed E-state index contributed by atoms with van der Waals surface area (Å²) < 4.78 is 5.13. The first-order valence-corrected chi connectivity index (χ1v) is 4.76. The molecule has 1 aliphatic heterocycles. The van der Waals surface area contributed by atoms with Crippen LogP contribution in [0.25, 0.3) is 0 Å². The van der Waals surface area contributed by atoms with E-state index >= 15 is 0 Å². The van der Waals surface area contributed by atoms with Gasteiger partial charge in [0.1, 0.15) is 11.9 Å². The maximum atomic E-state index is 11.2. The Kier molecular flexibility index (Phi) is 3.07. The highest BCUT2D eigenvalue weighted by molar-refractivity contribution is 5.80. The molecule has 0 aromatic heterocycles. The van der Waals surface area contributed by atoms with Crippen molar-refractivity contribution in [3.05, 3.63) is 0 Å². The van der Waals surface area contributed by atoms with E-state index in [-0.39, 0.29) is 29.7 Å². The van der Waals surface area contributed by atoms with Crippen LogP contribution in [0.2, 0.25) is 0 Å². The molecule has 3 atom stereocenters. The van der Waals surface area contributed by atoms with Gasteiger partial charge >= 0.3 is 5.97 Å². The van der Waals surface area contributed by atoms with E-state index in [1.54, 1.807) is 6.92 Å². The molecular weight excluding hydrogens is 168 g/mol. The van der Waals surface area contributed by atoms with E-state index in [2.05, 4.69) is 0 Å². The van der Waals surface area contributed by atoms with E-state index in [0.29, 0.717) is 6.42 Å². The van der Waals surface area contributed by atoms with E-state index in [1.165, 1.54) is 0 Å². The molecule has 1 unspecified atom stereocenters. The van der Waals surface area contributed by atoms with Gasteiger partial charge in [-0.15, -0.1) is 0 Å². The highest BCUT2D eigenvalue weighted by atomic mass is 16.6. The van der Waals surface area contributed by atoms with Gasteiger partial charge in [0, 0.05) is 5.92 Å². The van der Waals surface area contributed by atoms with E-state index in [0.717, 1.165) is 6.42 Å². The summed E-state index contributed by atoms with van der Waals surface area (Å²) in [6.07, 6.45) is 1.02. The van der Waals surface area contributed by atoms with Crippen molar-refractivity contribution in [2.75, 3.05) is 0 Å². The van der Waals surface area contributed by atoms with Crippen molar-refractivity contribution >= 4 is 11.8 Å². The van der Waals surface area contributed by atoms with Crippen LogP contribution in [0.3, 0.4) is 0 Å². The number of ether oxygens (including phenoxy) is 1. The second-order valence-corrected chi connectivity index (χ2v) is 3.76.